The number of hydrogen-bond donors (Lipinski definition) is 1. The van der Waals surface area contributed by atoms with E-state index in [9.17, 15) is 14.0 Å². The van der Waals surface area contributed by atoms with Gasteiger partial charge in [0.1, 0.15) is 0 Å². The Morgan fingerprint density at radius 3 is 2.59 bits per heavy atom. The number of ether oxygens (including phenoxy) is 1. The highest BCUT2D eigenvalue weighted by Gasteiger charge is 2.16. The zero-order chi connectivity index (χ0) is 20.8. The first-order chi connectivity index (χ1) is 13.9. The van der Waals surface area contributed by atoms with Gasteiger partial charge in [0.2, 0.25) is 0 Å². The topological polar surface area (TPSA) is 73.2 Å². The molecule has 1 amide bonds. The van der Waals surface area contributed by atoms with Crippen molar-refractivity contribution < 1.29 is 13.9 Å². The highest BCUT2D eigenvalue weighted by atomic mass is 19.1. The van der Waals surface area contributed by atoms with Gasteiger partial charge in [0.05, 0.1) is 12.2 Å². The molecule has 1 aromatic heterocycles. The average molecular weight is 395 g/mol. The summed E-state index contributed by atoms with van der Waals surface area (Å²) in [6.45, 7) is 3.92. The van der Waals surface area contributed by atoms with Crippen LogP contribution < -0.4 is 15.6 Å². The van der Waals surface area contributed by atoms with Gasteiger partial charge in [0.25, 0.3) is 11.5 Å². The number of aryl methyl sites for hydroxylation is 1. The molecule has 0 aliphatic rings. The van der Waals surface area contributed by atoms with Crippen molar-refractivity contribution in [3.8, 4) is 17.0 Å². The highest BCUT2D eigenvalue weighted by molar-refractivity contribution is 5.80. The van der Waals surface area contributed by atoms with Crippen molar-refractivity contribution in [2.45, 2.75) is 26.5 Å². The summed E-state index contributed by atoms with van der Waals surface area (Å²) in [5, 5.41) is 7.04. The molecule has 7 heteroatoms. The number of benzene rings is 2. The van der Waals surface area contributed by atoms with E-state index in [4.69, 9.17) is 4.74 Å². The Bertz CT molecular complexity index is 1050. The van der Waals surface area contributed by atoms with Crippen LogP contribution in [0.15, 0.2) is 65.5 Å². The molecule has 1 atom stereocenters. The lowest BCUT2D eigenvalue weighted by molar-refractivity contribution is -0.127. The molecule has 2 aromatic carbocycles. The Labute approximate surface area is 168 Å². The first-order valence-electron chi connectivity index (χ1n) is 9.28. The number of aromatic nitrogens is 2. The molecule has 1 N–H and O–H groups in total. The minimum Gasteiger partial charge on any atom is -0.478 e. The Morgan fingerprint density at radius 2 is 1.86 bits per heavy atom. The Kier molecular flexibility index (Phi) is 6.39. The van der Waals surface area contributed by atoms with Gasteiger partial charge in [-0.25, -0.2) is 9.07 Å². The lowest BCUT2D eigenvalue weighted by Crippen LogP contribution is -2.39. The van der Waals surface area contributed by atoms with Crippen LogP contribution >= 0.6 is 0 Å². The van der Waals surface area contributed by atoms with Crippen LogP contribution in [0.1, 0.15) is 12.5 Å². The third kappa shape index (κ3) is 5.28. The minimum atomic E-state index is -0.879. The molecular formula is C22H22FN3O3. The smallest absolute Gasteiger partial charge is 0.266 e. The summed E-state index contributed by atoms with van der Waals surface area (Å²) in [4.78, 5) is 24.3. The maximum Gasteiger partial charge on any atom is 0.266 e. The second-order valence-corrected chi connectivity index (χ2v) is 6.63. The van der Waals surface area contributed by atoms with Crippen LogP contribution in [0.3, 0.4) is 0 Å². The average Bonchev–Trinajstić information content (AvgIpc) is 2.71. The predicted molar refractivity (Wildman–Crippen MR) is 108 cm³/mol. The molecule has 0 unspecified atom stereocenters. The molecule has 0 aliphatic carbocycles. The van der Waals surface area contributed by atoms with Crippen LogP contribution in [-0.4, -0.2) is 28.3 Å². The van der Waals surface area contributed by atoms with Gasteiger partial charge >= 0.3 is 0 Å². The summed E-state index contributed by atoms with van der Waals surface area (Å²) in [5.41, 5.74) is 2.45. The highest BCUT2D eigenvalue weighted by Crippen LogP contribution is 2.17. The van der Waals surface area contributed by atoms with E-state index in [0.29, 0.717) is 5.69 Å². The zero-order valence-corrected chi connectivity index (χ0v) is 16.3. The van der Waals surface area contributed by atoms with E-state index in [2.05, 4.69) is 10.4 Å². The maximum atomic E-state index is 13.6. The summed E-state index contributed by atoms with van der Waals surface area (Å²) < 4.78 is 20.3. The van der Waals surface area contributed by atoms with Crippen molar-refractivity contribution in [2.75, 3.05) is 6.54 Å². The van der Waals surface area contributed by atoms with Crippen molar-refractivity contribution in [3.05, 3.63) is 82.4 Å². The molecule has 0 saturated carbocycles. The standard InChI is InChI=1S/C22H22FN3O3/c1-15-7-9-17(10-8-15)19-11-12-21(27)26(25-19)14-13-24-22(28)16(2)29-20-6-4-3-5-18(20)23/h3-12,16H,13-14H2,1-2H3,(H,24,28)/t16-/m1/s1. The molecule has 1 heterocycles. The van der Waals surface area contributed by atoms with E-state index in [0.717, 1.165) is 11.1 Å². The van der Waals surface area contributed by atoms with Gasteiger partial charge in [-0.1, -0.05) is 42.0 Å². The van der Waals surface area contributed by atoms with Crippen molar-refractivity contribution >= 4 is 5.91 Å². The van der Waals surface area contributed by atoms with Gasteiger partial charge in [0, 0.05) is 18.2 Å². The van der Waals surface area contributed by atoms with Gasteiger partial charge in [0.15, 0.2) is 17.7 Å². The maximum absolute atomic E-state index is 13.6. The predicted octanol–water partition coefficient (Wildman–Crippen LogP) is 2.94. The molecule has 0 aliphatic heterocycles. The van der Waals surface area contributed by atoms with Crippen LogP contribution in [0.25, 0.3) is 11.3 Å². The van der Waals surface area contributed by atoms with Crippen LogP contribution in [0.5, 0.6) is 5.75 Å². The van der Waals surface area contributed by atoms with E-state index < -0.39 is 17.8 Å². The second kappa shape index (κ2) is 9.14. The summed E-state index contributed by atoms with van der Waals surface area (Å²) in [6, 6.07) is 16.8. The summed E-state index contributed by atoms with van der Waals surface area (Å²) in [7, 11) is 0. The first kappa shape index (κ1) is 20.3. The number of carbonyl (C=O) groups excluding carboxylic acids is 1. The number of nitrogens with one attached hydrogen (secondary N) is 1. The molecule has 0 saturated heterocycles. The van der Waals surface area contributed by atoms with Gasteiger partial charge < -0.3 is 10.1 Å². The van der Waals surface area contributed by atoms with E-state index in [1.54, 1.807) is 18.2 Å². The normalized spacial score (nSPS) is 11.7. The van der Waals surface area contributed by atoms with Gasteiger partial charge in [-0.3, -0.25) is 9.59 Å². The third-order valence-electron chi connectivity index (χ3n) is 4.35. The molecule has 0 fully saturated rings. The van der Waals surface area contributed by atoms with Gasteiger partial charge in [-0.2, -0.15) is 5.10 Å². The van der Waals surface area contributed by atoms with Crippen molar-refractivity contribution in [1.29, 1.82) is 0 Å². The largest absolute Gasteiger partial charge is 0.478 e. The van der Waals surface area contributed by atoms with Gasteiger partial charge in [-0.05, 0) is 32.0 Å². The summed E-state index contributed by atoms with van der Waals surface area (Å²) in [6.07, 6.45) is -0.879. The SMILES string of the molecule is Cc1ccc(-c2ccc(=O)n(CCNC(=O)[C@@H](C)Oc3ccccc3F)n2)cc1. The Hall–Kier alpha value is -3.48. The third-order valence-corrected chi connectivity index (χ3v) is 4.35. The first-order valence-corrected chi connectivity index (χ1v) is 9.28. The summed E-state index contributed by atoms with van der Waals surface area (Å²) in [5.74, 6) is -0.925. The molecule has 0 radical (unpaired) electrons. The molecule has 0 spiro atoms. The fraction of sp³-hybridized carbons (Fsp3) is 0.227. The quantitative estimate of drug-likeness (QED) is 0.668. The van der Waals surface area contributed by atoms with Crippen molar-refractivity contribution in [1.82, 2.24) is 15.1 Å². The van der Waals surface area contributed by atoms with Crippen LogP contribution in [0, 0.1) is 12.7 Å². The molecule has 3 rings (SSSR count). The van der Waals surface area contributed by atoms with E-state index in [1.165, 1.54) is 29.8 Å². The fourth-order valence-electron chi connectivity index (χ4n) is 2.70. The molecule has 150 valence electrons. The number of halogens is 1. The second-order valence-electron chi connectivity index (χ2n) is 6.63. The van der Waals surface area contributed by atoms with Gasteiger partial charge in [-0.15, -0.1) is 0 Å². The zero-order valence-electron chi connectivity index (χ0n) is 16.3. The van der Waals surface area contributed by atoms with E-state index in [-0.39, 0.29) is 24.4 Å². The number of carbonyl (C=O) groups is 1. The lowest BCUT2D eigenvalue weighted by Gasteiger charge is -2.15. The molecule has 29 heavy (non-hydrogen) atoms. The van der Waals surface area contributed by atoms with Crippen LogP contribution in [-0.2, 0) is 11.3 Å². The monoisotopic (exact) mass is 395 g/mol. The minimum absolute atomic E-state index is 0.0128. The number of amides is 1. The van der Waals surface area contributed by atoms with E-state index >= 15 is 0 Å². The molecular weight excluding hydrogens is 373 g/mol. The van der Waals surface area contributed by atoms with Crippen molar-refractivity contribution in [3.63, 3.8) is 0 Å². The molecule has 3 aromatic rings. The van der Waals surface area contributed by atoms with E-state index in [1.807, 2.05) is 31.2 Å². The lowest BCUT2D eigenvalue weighted by atomic mass is 10.1. The number of para-hydroxylation sites is 1. The number of nitrogens with zero attached hydrogens (tertiary/aromatic N) is 2. The molecule has 6 nitrogen and oxygen atoms in total. The number of hydrogen-bond acceptors (Lipinski definition) is 4. The Morgan fingerprint density at radius 1 is 1.14 bits per heavy atom. The molecule has 0 bridgehead atoms. The van der Waals surface area contributed by atoms with Crippen LogP contribution in [0.2, 0.25) is 0 Å². The van der Waals surface area contributed by atoms with Crippen LogP contribution in [0.4, 0.5) is 4.39 Å². The summed E-state index contributed by atoms with van der Waals surface area (Å²) >= 11 is 0. The van der Waals surface area contributed by atoms with Crippen molar-refractivity contribution in [2.24, 2.45) is 0 Å². The fourth-order valence-corrected chi connectivity index (χ4v) is 2.70. The number of rotatable bonds is 7. The Balaban J connectivity index is 1.59.